The van der Waals surface area contributed by atoms with Gasteiger partial charge in [-0.3, -0.25) is 4.98 Å². The Bertz CT molecular complexity index is 801. The Morgan fingerprint density at radius 1 is 1.07 bits per heavy atom. The van der Waals surface area contributed by atoms with Crippen LogP contribution in [0.4, 0.5) is 0 Å². The molecule has 4 heteroatoms. The minimum Gasteiger partial charge on any atom is -0.494 e. The number of ether oxygens (including phenoxy) is 3. The minimum absolute atomic E-state index is 0.0372. The molecule has 2 aromatic rings. The summed E-state index contributed by atoms with van der Waals surface area (Å²) in [7, 11) is 5.04. The zero-order valence-corrected chi connectivity index (χ0v) is 16.3. The molecule has 3 unspecified atom stereocenters. The number of aromatic nitrogens is 1. The molecule has 1 aliphatic carbocycles. The van der Waals surface area contributed by atoms with Crippen molar-refractivity contribution in [2.45, 2.75) is 30.8 Å². The summed E-state index contributed by atoms with van der Waals surface area (Å²) < 4.78 is 17.8. The van der Waals surface area contributed by atoms with Gasteiger partial charge in [-0.15, -0.1) is 0 Å². The molecule has 0 N–H and O–H groups in total. The van der Waals surface area contributed by atoms with Crippen LogP contribution in [0, 0.1) is 6.08 Å². The molecule has 0 saturated carbocycles. The van der Waals surface area contributed by atoms with E-state index in [4.69, 9.17) is 14.2 Å². The first-order valence-corrected chi connectivity index (χ1v) is 9.14. The molecule has 141 valence electrons. The van der Waals surface area contributed by atoms with E-state index in [0.717, 1.165) is 12.0 Å². The average molecular weight is 364 g/mol. The molecule has 1 radical (unpaired) electrons. The third kappa shape index (κ3) is 3.26. The standard InChI is InChI=1S/C23H26NO3/c1-5-19(17-10-7-6-8-11-17)23(27-4)20(18-12-9-15-24-16-18)13-14-21(25-2)22(23)26-3/h6-12,14-16,19-20H,5H2,1-4H3. The highest BCUT2D eigenvalue weighted by Gasteiger charge is 2.53. The highest BCUT2D eigenvalue weighted by molar-refractivity contribution is 5.43. The maximum Gasteiger partial charge on any atom is 0.171 e. The number of allylic oxidation sites excluding steroid dienone is 1. The number of methoxy groups -OCH3 is 3. The Hall–Kier alpha value is -2.59. The lowest BCUT2D eigenvalue weighted by Gasteiger charge is -2.46. The summed E-state index contributed by atoms with van der Waals surface area (Å²) in [6.45, 7) is 2.16. The smallest absolute Gasteiger partial charge is 0.171 e. The van der Waals surface area contributed by atoms with Gasteiger partial charge in [-0.2, -0.15) is 0 Å². The van der Waals surface area contributed by atoms with Crippen LogP contribution >= 0.6 is 0 Å². The van der Waals surface area contributed by atoms with E-state index in [1.807, 2.05) is 24.4 Å². The van der Waals surface area contributed by atoms with Gasteiger partial charge in [0, 0.05) is 31.3 Å². The van der Waals surface area contributed by atoms with Crippen molar-refractivity contribution in [3.63, 3.8) is 0 Å². The van der Waals surface area contributed by atoms with E-state index in [2.05, 4.69) is 48.3 Å². The van der Waals surface area contributed by atoms with Crippen molar-refractivity contribution in [3.8, 4) is 0 Å². The minimum atomic E-state index is -0.798. The van der Waals surface area contributed by atoms with E-state index in [0.29, 0.717) is 11.5 Å². The topological polar surface area (TPSA) is 40.6 Å². The largest absolute Gasteiger partial charge is 0.494 e. The summed E-state index contributed by atoms with van der Waals surface area (Å²) in [5, 5.41) is 0. The van der Waals surface area contributed by atoms with E-state index < -0.39 is 5.60 Å². The predicted octanol–water partition coefficient (Wildman–Crippen LogP) is 4.62. The summed E-state index contributed by atoms with van der Waals surface area (Å²) in [6.07, 6.45) is 9.81. The SMILES string of the molecule is CCC(c1ccccc1)C1(OC)C(OC)=C(OC)C=[C]C1c1cccnc1. The van der Waals surface area contributed by atoms with Crippen LogP contribution < -0.4 is 0 Å². The third-order valence-corrected chi connectivity index (χ3v) is 5.30. The van der Waals surface area contributed by atoms with Crippen molar-refractivity contribution >= 4 is 0 Å². The van der Waals surface area contributed by atoms with Gasteiger partial charge in [-0.25, -0.2) is 0 Å². The van der Waals surface area contributed by atoms with Crippen molar-refractivity contribution in [3.05, 3.63) is 89.7 Å². The quantitative estimate of drug-likeness (QED) is 0.719. The second kappa shape index (κ2) is 8.40. The molecule has 1 heterocycles. The molecular formula is C23H26NO3. The zero-order chi connectivity index (χ0) is 19.3. The van der Waals surface area contributed by atoms with E-state index in [1.54, 1.807) is 27.5 Å². The molecule has 1 aromatic carbocycles. The molecule has 3 atom stereocenters. The van der Waals surface area contributed by atoms with Gasteiger partial charge in [-0.05, 0) is 35.8 Å². The average Bonchev–Trinajstić information content (AvgIpc) is 2.74. The normalized spacial score (nSPS) is 23.2. The molecule has 1 aromatic heterocycles. The summed E-state index contributed by atoms with van der Waals surface area (Å²) in [5.74, 6) is 1.16. The summed E-state index contributed by atoms with van der Waals surface area (Å²) >= 11 is 0. The van der Waals surface area contributed by atoms with Crippen LogP contribution in [0.25, 0.3) is 0 Å². The van der Waals surface area contributed by atoms with E-state index in [1.165, 1.54) is 5.56 Å². The molecule has 0 amide bonds. The van der Waals surface area contributed by atoms with Crippen LogP contribution in [0.15, 0.2) is 72.5 Å². The van der Waals surface area contributed by atoms with Crippen molar-refractivity contribution in [1.82, 2.24) is 4.98 Å². The van der Waals surface area contributed by atoms with Gasteiger partial charge < -0.3 is 14.2 Å². The van der Waals surface area contributed by atoms with Crippen LogP contribution in [0.2, 0.25) is 0 Å². The molecule has 0 saturated heterocycles. The second-order valence-electron chi connectivity index (χ2n) is 6.50. The van der Waals surface area contributed by atoms with Crippen molar-refractivity contribution < 1.29 is 14.2 Å². The maximum absolute atomic E-state index is 6.32. The van der Waals surface area contributed by atoms with Crippen LogP contribution in [0.3, 0.4) is 0 Å². The zero-order valence-electron chi connectivity index (χ0n) is 16.3. The Labute approximate surface area is 161 Å². The summed E-state index contributed by atoms with van der Waals surface area (Å²) in [4.78, 5) is 4.31. The van der Waals surface area contributed by atoms with Crippen LogP contribution in [0.1, 0.15) is 36.3 Å². The fourth-order valence-electron chi connectivity index (χ4n) is 4.16. The number of rotatable bonds is 7. The molecule has 3 rings (SSSR count). The van der Waals surface area contributed by atoms with Gasteiger partial charge in [0.25, 0.3) is 0 Å². The lowest BCUT2D eigenvalue weighted by Crippen LogP contribution is -2.48. The number of nitrogens with zero attached hydrogens (tertiary/aromatic N) is 1. The van der Waals surface area contributed by atoms with Crippen molar-refractivity contribution in [1.29, 1.82) is 0 Å². The monoisotopic (exact) mass is 364 g/mol. The van der Waals surface area contributed by atoms with E-state index in [-0.39, 0.29) is 11.8 Å². The third-order valence-electron chi connectivity index (χ3n) is 5.30. The predicted molar refractivity (Wildman–Crippen MR) is 105 cm³/mol. The first-order chi connectivity index (χ1) is 13.2. The molecule has 0 bridgehead atoms. The maximum atomic E-state index is 6.32. The fraction of sp³-hybridized carbons (Fsp3) is 0.348. The first kappa shape index (κ1) is 19.2. The highest BCUT2D eigenvalue weighted by Crippen LogP contribution is 2.52. The first-order valence-electron chi connectivity index (χ1n) is 9.14. The molecular weight excluding hydrogens is 338 g/mol. The lowest BCUT2D eigenvalue weighted by molar-refractivity contribution is -0.0606. The van der Waals surface area contributed by atoms with Gasteiger partial charge in [0.1, 0.15) is 5.60 Å². The van der Waals surface area contributed by atoms with Gasteiger partial charge in [0.15, 0.2) is 11.5 Å². The molecule has 0 fully saturated rings. The number of hydrogen-bond donors (Lipinski definition) is 0. The Morgan fingerprint density at radius 2 is 1.85 bits per heavy atom. The van der Waals surface area contributed by atoms with E-state index in [9.17, 15) is 0 Å². The highest BCUT2D eigenvalue weighted by atomic mass is 16.5. The number of hydrogen-bond acceptors (Lipinski definition) is 4. The van der Waals surface area contributed by atoms with Crippen molar-refractivity contribution in [2.24, 2.45) is 0 Å². The molecule has 1 aliphatic rings. The van der Waals surface area contributed by atoms with E-state index >= 15 is 0 Å². The fourth-order valence-corrected chi connectivity index (χ4v) is 4.16. The number of pyridine rings is 1. The molecule has 0 spiro atoms. The lowest BCUT2D eigenvalue weighted by atomic mass is 9.67. The number of benzene rings is 1. The van der Waals surface area contributed by atoms with Crippen LogP contribution in [-0.2, 0) is 14.2 Å². The van der Waals surface area contributed by atoms with Gasteiger partial charge in [0.2, 0.25) is 0 Å². The van der Waals surface area contributed by atoms with Crippen LogP contribution in [-0.4, -0.2) is 31.9 Å². The van der Waals surface area contributed by atoms with Gasteiger partial charge in [-0.1, -0.05) is 43.3 Å². The molecule has 0 aliphatic heterocycles. The second-order valence-corrected chi connectivity index (χ2v) is 6.50. The summed E-state index contributed by atoms with van der Waals surface area (Å²) in [6, 6.07) is 14.4. The Balaban J connectivity index is 2.26. The van der Waals surface area contributed by atoms with Gasteiger partial charge in [0.05, 0.1) is 14.2 Å². The Morgan fingerprint density at radius 3 is 2.41 bits per heavy atom. The van der Waals surface area contributed by atoms with Crippen molar-refractivity contribution in [2.75, 3.05) is 21.3 Å². The Kier molecular flexibility index (Phi) is 5.97. The van der Waals surface area contributed by atoms with Crippen LogP contribution in [0.5, 0.6) is 0 Å². The summed E-state index contributed by atoms with van der Waals surface area (Å²) in [5.41, 5.74) is 1.41. The molecule has 4 nitrogen and oxygen atoms in total. The molecule has 27 heavy (non-hydrogen) atoms. The van der Waals surface area contributed by atoms with Gasteiger partial charge >= 0.3 is 0 Å².